The molecule has 4 heteroatoms. The van der Waals surface area contributed by atoms with Crippen LogP contribution in [0, 0.1) is 0 Å². The van der Waals surface area contributed by atoms with Gasteiger partial charge in [0.25, 0.3) is 0 Å². The van der Waals surface area contributed by atoms with Crippen LogP contribution in [0.4, 0.5) is 0 Å². The maximum Gasteiger partial charge on any atom is 0.191 e. The van der Waals surface area contributed by atoms with E-state index in [1.54, 1.807) is 7.11 Å². The van der Waals surface area contributed by atoms with Crippen LogP contribution in [0.25, 0.3) is 0 Å². The zero-order chi connectivity index (χ0) is 9.97. The van der Waals surface area contributed by atoms with Gasteiger partial charge in [-0.05, 0) is 26.0 Å². The van der Waals surface area contributed by atoms with Gasteiger partial charge in [0.15, 0.2) is 5.88 Å². The number of allylic oxidation sites excluding steroid dienone is 1. The van der Waals surface area contributed by atoms with Crippen LogP contribution >= 0.6 is 0 Å². The van der Waals surface area contributed by atoms with E-state index in [1.165, 1.54) is 12.8 Å². The first-order valence-electron chi connectivity index (χ1n) is 4.90. The van der Waals surface area contributed by atoms with E-state index in [4.69, 9.17) is 9.47 Å². The third-order valence-electron chi connectivity index (χ3n) is 2.26. The van der Waals surface area contributed by atoms with Crippen LogP contribution in [-0.4, -0.2) is 26.4 Å². The molecule has 0 spiro atoms. The number of nitrogens with one attached hydrogen (secondary N) is 2. The van der Waals surface area contributed by atoms with E-state index in [0.717, 1.165) is 11.6 Å². The number of hydrogen-bond donors (Lipinski definition) is 2. The van der Waals surface area contributed by atoms with Gasteiger partial charge in [-0.15, -0.1) is 0 Å². The molecular formula is C10H16N2O2. The van der Waals surface area contributed by atoms with Crippen LogP contribution in [0.2, 0.25) is 0 Å². The number of hydrogen-bond acceptors (Lipinski definition) is 4. The van der Waals surface area contributed by atoms with Crippen LogP contribution < -0.4 is 10.6 Å². The van der Waals surface area contributed by atoms with E-state index in [-0.39, 0.29) is 6.17 Å². The highest BCUT2D eigenvalue weighted by Crippen LogP contribution is 2.27. The van der Waals surface area contributed by atoms with Gasteiger partial charge in [-0.1, -0.05) is 0 Å². The van der Waals surface area contributed by atoms with Crippen molar-refractivity contribution in [3.8, 4) is 0 Å². The SMILES string of the molecule is CNC1C=C(OC2CC2)C=C(OC)N1. The topological polar surface area (TPSA) is 42.5 Å². The Morgan fingerprint density at radius 3 is 2.86 bits per heavy atom. The highest BCUT2D eigenvalue weighted by atomic mass is 16.5. The molecule has 0 aromatic rings. The van der Waals surface area contributed by atoms with Crippen LogP contribution in [0.15, 0.2) is 23.8 Å². The van der Waals surface area contributed by atoms with Gasteiger partial charge in [-0.2, -0.15) is 0 Å². The molecule has 1 unspecified atom stereocenters. The van der Waals surface area contributed by atoms with Crippen LogP contribution in [0.3, 0.4) is 0 Å². The number of likely N-dealkylation sites (N-methyl/N-ethyl adjacent to an activating group) is 1. The van der Waals surface area contributed by atoms with E-state index < -0.39 is 0 Å². The zero-order valence-corrected chi connectivity index (χ0v) is 8.54. The highest BCUT2D eigenvalue weighted by molar-refractivity contribution is 5.22. The average molecular weight is 196 g/mol. The van der Waals surface area contributed by atoms with Crippen molar-refractivity contribution in [2.75, 3.05) is 14.2 Å². The molecule has 1 aliphatic heterocycles. The van der Waals surface area contributed by atoms with Gasteiger partial charge in [-0.3, -0.25) is 5.32 Å². The predicted molar refractivity (Wildman–Crippen MR) is 53.3 cm³/mol. The van der Waals surface area contributed by atoms with E-state index in [2.05, 4.69) is 10.6 Å². The molecule has 0 bridgehead atoms. The third-order valence-corrected chi connectivity index (χ3v) is 2.26. The molecular weight excluding hydrogens is 180 g/mol. The first-order chi connectivity index (χ1) is 6.81. The van der Waals surface area contributed by atoms with Gasteiger partial charge < -0.3 is 14.8 Å². The maximum atomic E-state index is 5.69. The van der Waals surface area contributed by atoms with Crippen molar-refractivity contribution in [2.45, 2.75) is 25.1 Å². The Labute approximate surface area is 84.0 Å². The Hall–Kier alpha value is -1.16. The molecule has 0 aromatic carbocycles. The minimum absolute atomic E-state index is 0.0868. The molecule has 1 aliphatic carbocycles. The van der Waals surface area contributed by atoms with E-state index >= 15 is 0 Å². The summed E-state index contributed by atoms with van der Waals surface area (Å²) in [6.07, 6.45) is 6.75. The second-order valence-corrected chi connectivity index (χ2v) is 3.51. The molecule has 0 saturated heterocycles. The lowest BCUT2D eigenvalue weighted by atomic mass is 10.3. The van der Waals surface area contributed by atoms with Crippen molar-refractivity contribution >= 4 is 0 Å². The summed E-state index contributed by atoms with van der Waals surface area (Å²) < 4.78 is 10.8. The van der Waals surface area contributed by atoms with E-state index in [1.807, 2.05) is 19.2 Å². The molecule has 0 amide bonds. The largest absolute Gasteiger partial charge is 0.490 e. The molecule has 0 aromatic heterocycles. The van der Waals surface area contributed by atoms with Crippen LogP contribution in [-0.2, 0) is 9.47 Å². The van der Waals surface area contributed by atoms with Gasteiger partial charge in [0.05, 0.1) is 13.2 Å². The third kappa shape index (κ3) is 2.20. The Morgan fingerprint density at radius 2 is 2.29 bits per heavy atom. The van der Waals surface area contributed by atoms with Crippen molar-refractivity contribution in [2.24, 2.45) is 0 Å². The summed E-state index contributed by atoms with van der Waals surface area (Å²) in [7, 11) is 3.53. The molecule has 2 aliphatic rings. The Bertz CT molecular complexity index is 269. The lowest BCUT2D eigenvalue weighted by molar-refractivity contribution is 0.190. The molecule has 2 rings (SSSR count). The monoisotopic (exact) mass is 196 g/mol. The second-order valence-electron chi connectivity index (χ2n) is 3.51. The highest BCUT2D eigenvalue weighted by Gasteiger charge is 2.25. The molecule has 1 fully saturated rings. The van der Waals surface area contributed by atoms with Crippen molar-refractivity contribution < 1.29 is 9.47 Å². The normalized spacial score (nSPS) is 26.0. The Morgan fingerprint density at radius 1 is 1.50 bits per heavy atom. The Balaban J connectivity index is 2.02. The summed E-state index contributed by atoms with van der Waals surface area (Å²) in [5, 5.41) is 6.25. The van der Waals surface area contributed by atoms with Gasteiger partial charge in [-0.25, -0.2) is 0 Å². The molecule has 2 N–H and O–H groups in total. The minimum atomic E-state index is 0.0868. The Kier molecular flexibility index (Phi) is 2.63. The maximum absolute atomic E-state index is 5.69. The molecule has 1 saturated carbocycles. The first-order valence-corrected chi connectivity index (χ1v) is 4.90. The van der Waals surface area contributed by atoms with Crippen molar-refractivity contribution in [1.82, 2.24) is 10.6 Å². The van der Waals surface area contributed by atoms with Crippen LogP contribution in [0.1, 0.15) is 12.8 Å². The zero-order valence-electron chi connectivity index (χ0n) is 8.54. The number of ether oxygens (including phenoxy) is 2. The number of methoxy groups -OCH3 is 1. The average Bonchev–Trinajstić information content (AvgIpc) is 3.01. The van der Waals surface area contributed by atoms with E-state index in [9.17, 15) is 0 Å². The quantitative estimate of drug-likeness (QED) is 0.694. The summed E-state index contributed by atoms with van der Waals surface area (Å²) in [4.78, 5) is 0. The summed E-state index contributed by atoms with van der Waals surface area (Å²) in [6, 6.07) is 0. The standard InChI is InChI=1S/C10H16N2O2/c1-11-9-5-8(14-7-3-4-7)6-10(12-9)13-2/h5-7,9,11-12H,3-4H2,1-2H3. The lowest BCUT2D eigenvalue weighted by Crippen LogP contribution is -2.40. The van der Waals surface area contributed by atoms with Crippen LogP contribution in [0.5, 0.6) is 0 Å². The van der Waals surface area contributed by atoms with Crippen molar-refractivity contribution in [3.63, 3.8) is 0 Å². The first kappa shape index (κ1) is 9.40. The summed E-state index contributed by atoms with van der Waals surface area (Å²) in [5.41, 5.74) is 0. The van der Waals surface area contributed by atoms with E-state index in [0.29, 0.717) is 6.10 Å². The van der Waals surface area contributed by atoms with Gasteiger partial charge in [0, 0.05) is 6.08 Å². The summed E-state index contributed by atoms with van der Waals surface area (Å²) >= 11 is 0. The molecule has 0 radical (unpaired) electrons. The molecule has 1 heterocycles. The molecule has 4 nitrogen and oxygen atoms in total. The van der Waals surface area contributed by atoms with Gasteiger partial charge in [0.1, 0.15) is 11.9 Å². The molecule has 14 heavy (non-hydrogen) atoms. The molecule has 78 valence electrons. The van der Waals surface area contributed by atoms with Gasteiger partial charge in [0.2, 0.25) is 0 Å². The summed E-state index contributed by atoms with van der Waals surface area (Å²) in [5.74, 6) is 1.63. The summed E-state index contributed by atoms with van der Waals surface area (Å²) in [6.45, 7) is 0. The number of rotatable bonds is 4. The predicted octanol–water partition coefficient (Wildman–Crippen LogP) is 0.686. The second kappa shape index (κ2) is 3.92. The number of dihydropyridines is 1. The fourth-order valence-electron chi connectivity index (χ4n) is 1.30. The minimum Gasteiger partial charge on any atom is -0.490 e. The smallest absolute Gasteiger partial charge is 0.191 e. The van der Waals surface area contributed by atoms with Gasteiger partial charge >= 0.3 is 0 Å². The fraction of sp³-hybridized carbons (Fsp3) is 0.600. The fourth-order valence-corrected chi connectivity index (χ4v) is 1.30. The van der Waals surface area contributed by atoms with Crippen molar-refractivity contribution in [1.29, 1.82) is 0 Å². The van der Waals surface area contributed by atoms with Crippen molar-refractivity contribution in [3.05, 3.63) is 23.8 Å². The lowest BCUT2D eigenvalue weighted by Gasteiger charge is -2.22. The molecule has 1 atom stereocenters.